The van der Waals surface area contributed by atoms with Crippen LogP contribution in [-0.2, 0) is 0 Å². The Kier molecular flexibility index (Phi) is 19.9. The van der Waals surface area contributed by atoms with Crippen molar-refractivity contribution in [3.8, 4) is 0 Å². The molecule has 0 aromatic carbocycles. The van der Waals surface area contributed by atoms with Gasteiger partial charge in [-0.05, 0) is 4.43 Å². The molecule has 0 aliphatic rings. The van der Waals surface area contributed by atoms with Crippen molar-refractivity contribution in [1.82, 2.24) is 0 Å². The van der Waals surface area contributed by atoms with E-state index in [0.717, 1.165) is 0 Å². The van der Waals surface area contributed by atoms with E-state index in [2.05, 4.69) is 29.5 Å². The summed E-state index contributed by atoms with van der Waals surface area (Å²) in [4.78, 5) is 0. The zero-order valence-corrected chi connectivity index (χ0v) is 5.74. The summed E-state index contributed by atoms with van der Waals surface area (Å²) < 4.78 is 1.22. The van der Waals surface area contributed by atoms with Gasteiger partial charge < -0.3 is 0 Å². The molecular formula is C2H7IS. The third-order valence-electron chi connectivity index (χ3n) is 0. The van der Waals surface area contributed by atoms with Crippen molar-refractivity contribution in [2.75, 3.05) is 4.43 Å². The summed E-state index contributed by atoms with van der Waals surface area (Å²) in [6, 6.07) is 0. The van der Waals surface area contributed by atoms with E-state index >= 15 is 0 Å². The number of hydrogen-bond donors (Lipinski definition) is 0. The van der Waals surface area contributed by atoms with Gasteiger partial charge in [-0.25, -0.2) is 0 Å². The molecule has 0 saturated carbocycles. The van der Waals surface area contributed by atoms with E-state index in [1.54, 1.807) is 0 Å². The molecule has 0 spiro atoms. The maximum atomic E-state index is 2.29. The van der Waals surface area contributed by atoms with E-state index < -0.39 is 0 Å². The van der Waals surface area contributed by atoms with Crippen LogP contribution in [0.2, 0.25) is 0 Å². The normalized spacial score (nSPS) is 4.50. The Bertz CT molecular complexity index is 6.00. The van der Waals surface area contributed by atoms with E-state index in [1.807, 2.05) is 0 Å². The van der Waals surface area contributed by atoms with Crippen molar-refractivity contribution in [2.24, 2.45) is 0 Å². The molecule has 0 saturated heterocycles. The van der Waals surface area contributed by atoms with Gasteiger partial charge in [0.2, 0.25) is 0 Å². The molecule has 0 heterocycles. The minimum Gasteiger partial charge on any atom is -0.197 e. The zero-order chi connectivity index (χ0) is 2.71. The minimum atomic E-state index is 0. The molecule has 0 aliphatic heterocycles. The van der Waals surface area contributed by atoms with Crippen molar-refractivity contribution >= 4 is 36.1 Å². The summed E-state index contributed by atoms with van der Waals surface area (Å²) in [6.07, 6.45) is 0. The topological polar surface area (TPSA) is 0 Å². The lowest BCUT2D eigenvalue weighted by molar-refractivity contribution is 1.58. The zero-order valence-electron chi connectivity index (χ0n) is 2.59. The van der Waals surface area contributed by atoms with Crippen LogP contribution < -0.4 is 0 Å². The number of hydrogen-bond acceptors (Lipinski definition) is 0. The summed E-state index contributed by atoms with van der Waals surface area (Å²) in [5.41, 5.74) is 0. The Hall–Kier alpha value is 1.08. The second kappa shape index (κ2) is 8.95. The largest absolute Gasteiger partial charge is 0.197 e. The van der Waals surface area contributed by atoms with Gasteiger partial charge in [-0.15, -0.1) is 0 Å². The molecule has 0 radical (unpaired) electrons. The molecule has 4 heavy (non-hydrogen) atoms. The van der Waals surface area contributed by atoms with E-state index in [9.17, 15) is 0 Å². The van der Waals surface area contributed by atoms with Crippen molar-refractivity contribution in [3.05, 3.63) is 0 Å². The maximum Gasteiger partial charge on any atom is -0.00332 e. The van der Waals surface area contributed by atoms with E-state index in [0.29, 0.717) is 0 Å². The molecule has 0 rings (SSSR count). The van der Waals surface area contributed by atoms with Crippen LogP contribution in [0.4, 0.5) is 0 Å². The second-order valence-electron chi connectivity index (χ2n) is 0.267. The Morgan fingerprint density at radius 2 is 1.75 bits per heavy atom. The van der Waals surface area contributed by atoms with Crippen LogP contribution in [0.1, 0.15) is 6.92 Å². The number of rotatable bonds is 0. The summed E-state index contributed by atoms with van der Waals surface area (Å²) >= 11 is 2.29. The monoisotopic (exact) mass is 190 g/mol. The number of alkyl halides is 1. The lowest BCUT2D eigenvalue weighted by Crippen LogP contribution is -1.33. The van der Waals surface area contributed by atoms with Crippen LogP contribution in [0.15, 0.2) is 0 Å². The molecule has 2 heteroatoms. The molecule has 0 aromatic heterocycles. The molecule has 0 amide bonds. The Balaban J connectivity index is 0. The quantitative estimate of drug-likeness (QED) is 0.401. The molecule has 0 aliphatic carbocycles. The van der Waals surface area contributed by atoms with Gasteiger partial charge in [0.1, 0.15) is 0 Å². The van der Waals surface area contributed by atoms with Gasteiger partial charge in [0.15, 0.2) is 0 Å². The van der Waals surface area contributed by atoms with Gasteiger partial charge in [0.05, 0.1) is 0 Å². The average molecular weight is 190 g/mol. The third kappa shape index (κ3) is 11.4. The van der Waals surface area contributed by atoms with Gasteiger partial charge >= 0.3 is 0 Å². The highest BCUT2D eigenvalue weighted by Crippen LogP contribution is 1.69. The first-order valence-electron chi connectivity index (χ1n) is 0.974. The van der Waals surface area contributed by atoms with Crippen LogP contribution >= 0.6 is 36.1 Å². The third-order valence-corrected chi connectivity index (χ3v) is 0. The van der Waals surface area contributed by atoms with Crippen molar-refractivity contribution in [2.45, 2.75) is 6.92 Å². The molecule has 0 aromatic rings. The molecular weight excluding hydrogens is 183 g/mol. The van der Waals surface area contributed by atoms with Crippen LogP contribution in [0.25, 0.3) is 0 Å². The van der Waals surface area contributed by atoms with Gasteiger partial charge in [-0.2, -0.15) is 13.5 Å². The molecule has 0 N–H and O–H groups in total. The lowest BCUT2D eigenvalue weighted by atomic mass is 11.0. The molecule has 0 fully saturated rings. The van der Waals surface area contributed by atoms with E-state index in [4.69, 9.17) is 0 Å². The fraction of sp³-hybridized carbons (Fsp3) is 1.00. The molecule has 0 atom stereocenters. The fourth-order valence-corrected chi connectivity index (χ4v) is 0. The smallest absolute Gasteiger partial charge is 0.00332 e. The van der Waals surface area contributed by atoms with Gasteiger partial charge in [0.25, 0.3) is 0 Å². The fourth-order valence-electron chi connectivity index (χ4n) is 0. The average Bonchev–Trinajstić information content (AvgIpc) is 0.918. The van der Waals surface area contributed by atoms with E-state index in [1.165, 1.54) is 4.43 Å². The highest BCUT2D eigenvalue weighted by Gasteiger charge is 1.38. The van der Waals surface area contributed by atoms with Crippen molar-refractivity contribution in [1.29, 1.82) is 0 Å². The highest BCUT2D eigenvalue weighted by molar-refractivity contribution is 14.1. The minimum absolute atomic E-state index is 0. The summed E-state index contributed by atoms with van der Waals surface area (Å²) in [6.45, 7) is 2.11. The van der Waals surface area contributed by atoms with Crippen LogP contribution in [0.3, 0.4) is 0 Å². The Morgan fingerprint density at radius 1 is 1.75 bits per heavy atom. The Labute approximate surface area is 47.6 Å². The molecule has 0 unspecified atom stereocenters. The SMILES string of the molecule is CCI.S. The highest BCUT2D eigenvalue weighted by atomic mass is 127. The predicted molar refractivity (Wildman–Crippen MR) is 34.9 cm³/mol. The van der Waals surface area contributed by atoms with Gasteiger partial charge in [-0.1, -0.05) is 29.5 Å². The Morgan fingerprint density at radius 3 is 1.75 bits per heavy atom. The van der Waals surface area contributed by atoms with Crippen molar-refractivity contribution < 1.29 is 0 Å². The summed E-state index contributed by atoms with van der Waals surface area (Å²) in [5, 5.41) is 0. The van der Waals surface area contributed by atoms with Crippen LogP contribution in [-0.4, -0.2) is 4.43 Å². The summed E-state index contributed by atoms with van der Waals surface area (Å²) in [7, 11) is 0. The van der Waals surface area contributed by atoms with Gasteiger partial charge in [0, 0.05) is 0 Å². The van der Waals surface area contributed by atoms with Gasteiger partial charge in [-0.3, -0.25) is 0 Å². The molecule has 28 valence electrons. The number of halogens is 1. The first kappa shape index (κ1) is 8.91. The molecule has 0 nitrogen and oxygen atoms in total. The van der Waals surface area contributed by atoms with Crippen LogP contribution in [0, 0.1) is 0 Å². The standard InChI is InChI=1S/C2H5I.H2S/c1-2-3;/h2H2,1H3;1H2. The second-order valence-corrected chi connectivity index (χ2v) is 1.79. The lowest BCUT2D eigenvalue weighted by Gasteiger charge is -1.45. The van der Waals surface area contributed by atoms with Crippen LogP contribution in [0.5, 0.6) is 0 Å². The summed E-state index contributed by atoms with van der Waals surface area (Å²) in [5.74, 6) is 0. The van der Waals surface area contributed by atoms with Crippen molar-refractivity contribution in [3.63, 3.8) is 0 Å². The first-order chi connectivity index (χ1) is 1.41. The first-order valence-corrected chi connectivity index (χ1v) is 2.50. The molecule has 0 bridgehead atoms. The van der Waals surface area contributed by atoms with E-state index in [-0.39, 0.29) is 13.5 Å². The predicted octanol–water partition coefficient (Wildman–Crippen LogP) is 1.55. The maximum absolute atomic E-state index is 2.29.